The van der Waals surface area contributed by atoms with E-state index >= 15 is 0 Å². The number of hydrazine groups is 2. The van der Waals surface area contributed by atoms with Crippen LogP contribution in [0.25, 0.3) is 11.0 Å². The number of imidazole rings is 1. The fraction of sp³-hybridized carbons (Fsp3) is 0.400. The molecule has 2 aliphatic rings. The van der Waals surface area contributed by atoms with Gasteiger partial charge in [0.2, 0.25) is 11.9 Å². The van der Waals surface area contributed by atoms with Crippen LogP contribution in [0.1, 0.15) is 30.6 Å². The minimum Gasteiger partial charge on any atom is -0.467 e. The number of furan rings is 1. The van der Waals surface area contributed by atoms with Crippen molar-refractivity contribution in [1.29, 1.82) is 0 Å². The molecule has 0 spiro atoms. The van der Waals surface area contributed by atoms with Crippen molar-refractivity contribution in [2.24, 2.45) is 5.92 Å². The number of hydrogen-bond acceptors (Lipinski definition) is 6. The van der Waals surface area contributed by atoms with Crippen LogP contribution in [0.2, 0.25) is 0 Å². The van der Waals surface area contributed by atoms with Gasteiger partial charge in [-0.3, -0.25) is 10.1 Å². The summed E-state index contributed by atoms with van der Waals surface area (Å²) in [5, 5.41) is 2.84. The van der Waals surface area contributed by atoms with Crippen LogP contribution in [0.5, 0.6) is 0 Å². The van der Waals surface area contributed by atoms with Crippen molar-refractivity contribution < 1.29 is 22.4 Å². The molecule has 1 saturated carbocycles. The molecule has 3 aromatic rings. The third kappa shape index (κ3) is 3.91. The molecule has 3 unspecified atom stereocenters. The largest absolute Gasteiger partial charge is 0.467 e. The maximum absolute atomic E-state index is 13.2. The maximum Gasteiger partial charge on any atom is 0.416 e. The topological polar surface area (TPSA) is 96.2 Å². The first-order chi connectivity index (χ1) is 14.9. The summed E-state index contributed by atoms with van der Waals surface area (Å²) in [4.78, 5) is 17.3. The molecule has 0 radical (unpaired) electrons. The van der Waals surface area contributed by atoms with Crippen molar-refractivity contribution in [3.05, 3.63) is 47.9 Å². The quantitative estimate of drug-likeness (QED) is 0.505. The number of halogens is 3. The summed E-state index contributed by atoms with van der Waals surface area (Å²) in [7, 11) is 0. The minimum atomic E-state index is -4.47. The normalized spacial score (nSPS) is 23.8. The highest BCUT2D eigenvalue weighted by Gasteiger charge is 2.37. The zero-order chi connectivity index (χ0) is 21.6. The van der Waals surface area contributed by atoms with Crippen molar-refractivity contribution in [3.8, 4) is 0 Å². The summed E-state index contributed by atoms with van der Waals surface area (Å²) in [6.07, 6.45) is -0.769. The number of anilines is 1. The number of fused-ring (bicyclic) bond motifs is 2. The second kappa shape index (κ2) is 7.66. The Morgan fingerprint density at radius 2 is 2.06 bits per heavy atom. The summed E-state index contributed by atoms with van der Waals surface area (Å²) < 4.78 is 46.5. The summed E-state index contributed by atoms with van der Waals surface area (Å²) in [5.41, 5.74) is 8.98. The molecule has 164 valence electrons. The summed E-state index contributed by atoms with van der Waals surface area (Å²) in [6.45, 7) is 0.231. The standard InChI is InChI=1S/C20H21F3N6O2/c21-20(22,23)12-4-6-17-16(9-12)24-19(29(17)10-13-2-1-7-31-13)25-18(30)11-3-5-14-15(8-11)27-28-26-14/h1-2,4,6-7,9,11,14-15,26-28H,3,5,8,10H2,(H,24,25,30). The molecule has 2 aromatic heterocycles. The molecule has 0 bridgehead atoms. The van der Waals surface area contributed by atoms with Crippen LogP contribution in [0.4, 0.5) is 19.1 Å². The third-order valence-corrected chi connectivity index (χ3v) is 5.94. The Morgan fingerprint density at radius 1 is 1.23 bits per heavy atom. The van der Waals surface area contributed by atoms with E-state index in [0.717, 1.165) is 18.6 Å². The lowest BCUT2D eigenvalue weighted by atomic mass is 9.82. The first-order valence-corrected chi connectivity index (χ1v) is 10.1. The highest BCUT2D eigenvalue weighted by atomic mass is 19.4. The first kappa shape index (κ1) is 20.0. The summed E-state index contributed by atoms with van der Waals surface area (Å²) >= 11 is 0. The van der Waals surface area contributed by atoms with Gasteiger partial charge in [0.1, 0.15) is 5.76 Å². The van der Waals surface area contributed by atoms with Gasteiger partial charge < -0.3 is 8.98 Å². The first-order valence-electron chi connectivity index (χ1n) is 10.1. The minimum absolute atomic E-state index is 0.140. The van der Waals surface area contributed by atoms with Gasteiger partial charge in [-0.05, 0) is 49.6 Å². The molecule has 1 aliphatic carbocycles. The van der Waals surface area contributed by atoms with E-state index in [1.165, 1.54) is 12.3 Å². The zero-order valence-corrected chi connectivity index (χ0v) is 16.4. The lowest BCUT2D eigenvalue weighted by Gasteiger charge is -2.29. The van der Waals surface area contributed by atoms with Gasteiger partial charge in [0.25, 0.3) is 0 Å². The smallest absolute Gasteiger partial charge is 0.416 e. The lowest BCUT2D eigenvalue weighted by molar-refractivity contribution is -0.137. The second-order valence-electron chi connectivity index (χ2n) is 7.93. The Hall–Kier alpha value is -2.89. The average Bonchev–Trinajstić information content (AvgIpc) is 3.47. The van der Waals surface area contributed by atoms with E-state index in [-0.39, 0.29) is 41.9 Å². The number of carbonyl (C=O) groups excluding carboxylic acids is 1. The fourth-order valence-corrected chi connectivity index (χ4v) is 4.30. The van der Waals surface area contributed by atoms with Crippen molar-refractivity contribution in [2.45, 2.75) is 44.1 Å². The fourth-order valence-electron chi connectivity index (χ4n) is 4.30. The molecular weight excluding hydrogens is 413 g/mol. The average molecular weight is 434 g/mol. The Labute approximate surface area is 175 Å². The van der Waals surface area contributed by atoms with Crippen molar-refractivity contribution in [1.82, 2.24) is 25.9 Å². The lowest BCUT2D eigenvalue weighted by Crippen LogP contribution is -2.42. The van der Waals surface area contributed by atoms with E-state index in [1.807, 2.05) is 0 Å². The number of rotatable bonds is 4. The molecule has 31 heavy (non-hydrogen) atoms. The number of benzene rings is 1. The van der Waals surface area contributed by atoms with Gasteiger partial charge in [-0.25, -0.2) is 15.8 Å². The monoisotopic (exact) mass is 434 g/mol. The van der Waals surface area contributed by atoms with Gasteiger partial charge >= 0.3 is 6.18 Å². The van der Waals surface area contributed by atoms with Gasteiger partial charge in [-0.1, -0.05) is 0 Å². The number of nitrogens with zero attached hydrogens (tertiary/aromatic N) is 2. The van der Waals surface area contributed by atoms with Crippen LogP contribution < -0.4 is 21.7 Å². The Morgan fingerprint density at radius 3 is 2.84 bits per heavy atom. The van der Waals surface area contributed by atoms with Crippen LogP contribution in [0, 0.1) is 5.92 Å². The van der Waals surface area contributed by atoms with Crippen LogP contribution >= 0.6 is 0 Å². The number of alkyl halides is 3. The number of aromatic nitrogens is 2. The van der Waals surface area contributed by atoms with Crippen LogP contribution in [-0.4, -0.2) is 27.5 Å². The molecule has 1 aromatic carbocycles. The molecule has 3 heterocycles. The van der Waals surface area contributed by atoms with E-state index in [2.05, 4.69) is 26.7 Å². The van der Waals surface area contributed by atoms with Crippen molar-refractivity contribution >= 4 is 22.9 Å². The Balaban J connectivity index is 1.45. The number of nitrogens with one attached hydrogen (secondary N) is 4. The maximum atomic E-state index is 13.2. The van der Waals surface area contributed by atoms with Crippen LogP contribution in [0.3, 0.4) is 0 Å². The van der Waals surface area contributed by atoms with Crippen LogP contribution in [-0.2, 0) is 17.5 Å². The van der Waals surface area contributed by atoms with Crippen LogP contribution in [0.15, 0.2) is 41.0 Å². The van der Waals surface area contributed by atoms with Gasteiger partial charge in [-0.2, -0.15) is 18.7 Å². The molecule has 11 heteroatoms. The van der Waals surface area contributed by atoms with Gasteiger partial charge in [0, 0.05) is 18.0 Å². The number of amides is 1. The second-order valence-corrected chi connectivity index (χ2v) is 7.93. The zero-order valence-electron chi connectivity index (χ0n) is 16.4. The van der Waals surface area contributed by atoms with E-state index < -0.39 is 11.7 Å². The number of carbonyl (C=O) groups is 1. The molecule has 8 nitrogen and oxygen atoms in total. The molecule has 2 fully saturated rings. The Kier molecular flexibility index (Phi) is 4.95. The van der Waals surface area contributed by atoms with Crippen molar-refractivity contribution in [3.63, 3.8) is 0 Å². The number of hydrogen-bond donors (Lipinski definition) is 4. The van der Waals surface area contributed by atoms with E-state index in [0.29, 0.717) is 24.1 Å². The molecular formula is C20H21F3N6O2. The van der Waals surface area contributed by atoms with Gasteiger partial charge in [0.05, 0.1) is 29.4 Å². The van der Waals surface area contributed by atoms with Crippen molar-refractivity contribution in [2.75, 3.05) is 5.32 Å². The molecule has 5 rings (SSSR count). The highest BCUT2D eigenvalue weighted by Crippen LogP contribution is 2.33. The predicted octanol–water partition coefficient (Wildman–Crippen LogP) is 2.78. The molecule has 3 atom stereocenters. The van der Waals surface area contributed by atoms with Gasteiger partial charge in [0.15, 0.2) is 0 Å². The highest BCUT2D eigenvalue weighted by molar-refractivity contribution is 5.93. The summed E-state index contributed by atoms with van der Waals surface area (Å²) in [5.74, 6) is 0.383. The molecule has 1 aliphatic heterocycles. The molecule has 1 saturated heterocycles. The summed E-state index contributed by atoms with van der Waals surface area (Å²) in [6, 6.07) is 7.28. The predicted molar refractivity (Wildman–Crippen MR) is 105 cm³/mol. The molecule has 1 amide bonds. The molecule has 4 N–H and O–H groups in total. The van der Waals surface area contributed by atoms with E-state index in [9.17, 15) is 18.0 Å². The van der Waals surface area contributed by atoms with Gasteiger partial charge in [-0.15, -0.1) is 0 Å². The van der Waals surface area contributed by atoms with E-state index in [1.54, 1.807) is 16.7 Å². The third-order valence-electron chi connectivity index (χ3n) is 5.94. The van der Waals surface area contributed by atoms with E-state index in [4.69, 9.17) is 4.42 Å². The SMILES string of the molecule is O=C(Nc1nc2cc(C(F)(F)F)ccc2n1Cc1ccco1)C1CCC2NNNC2C1. The Bertz CT molecular complexity index is 1090.